The summed E-state index contributed by atoms with van der Waals surface area (Å²) in [6.07, 6.45) is 1.77. The molecule has 0 atom stereocenters. The standard InChI is InChI=1S/C22H21NO4S/c24-22(27-16-19-8-5-7-17-6-1-2-9-21(17)19)18-10-12-20(13-11-18)28(25,26)23-14-3-4-15-23/h1-2,5-13H,3-4,14-16H2. The second kappa shape index (κ2) is 7.73. The van der Waals surface area contributed by atoms with Crippen LogP contribution in [0.1, 0.15) is 28.8 Å². The van der Waals surface area contributed by atoms with Gasteiger partial charge in [-0.2, -0.15) is 4.31 Å². The number of fused-ring (bicyclic) bond motifs is 1. The topological polar surface area (TPSA) is 63.7 Å². The molecular formula is C22H21NO4S. The molecular weight excluding hydrogens is 374 g/mol. The van der Waals surface area contributed by atoms with Crippen LogP contribution >= 0.6 is 0 Å². The normalized spacial score (nSPS) is 15.0. The van der Waals surface area contributed by atoms with E-state index in [1.807, 2.05) is 42.5 Å². The Balaban J connectivity index is 1.46. The zero-order valence-electron chi connectivity index (χ0n) is 15.4. The van der Waals surface area contributed by atoms with Crippen LogP contribution in [0, 0.1) is 0 Å². The van der Waals surface area contributed by atoms with Crippen LogP contribution in [0.5, 0.6) is 0 Å². The van der Waals surface area contributed by atoms with Crippen molar-refractivity contribution in [3.05, 3.63) is 77.9 Å². The monoisotopic (exact) mass is 395 g/mol. The first-order valence-corrected chi connectivity index (χ1v) is 10.7. The van der Waals surface area contributed by atoms with Crippen LogP contribution in [0.15, 0.2) is 71.6 Å². The maximum Gasteiger partial charge on any atom is 0.338 e. The van der Waals surface area contributed by atoms with Crippen LogP contribution in [0.4, 0.5) is 0 Å². The number of hydrogen-bond acceptors (Lipinski definition) is 4. The number of esters is 1. The molecule has 6 heteroatoms. The summed E-state index contributed by atoms with van der Waals surface area (Å²) in [5.41, 5.74) is 1.26. The van der Waals surface area contributed by atoms with Gasteiger partial charge in [0, 0.05) is 13.1 Å². The third-order valence-corrected chi connectivity index (χ3v) is 6.94. The number of nitrogens with zero attached hydrogens (tertiary/aromatic N) is 1. The molecule has 3 aromatic rings. The van der Waals surface area contributed by atoms with E-state index in [1.54, 1.807) is 0 Å². The number of ether oxygens (including phenoxy) is 1. The van der Waals surface area contributed by atoms with Crippen LogP contribution < -0.4 is 0 Å². The van der Waals surface area contributed by atoms with Crippen molar-refractivity contribution in [3.8, 4) is 0 Å². The van der Waals surface area contributed by atoms with Crippen molar-refractivity contribution in [2.24, 2.45) is 0 Å². The van der Waals surface area contributed by atoms with Gasteiger partial charge in [0.25, 0.3) is 0 Å². The molecule has 0 aromatic heterocycles. The molecule has 0 spiro atoms. The summed E-state index contributed by atoms with van der Waals surface area (Å²) in [6.45, 7) is 1.27. The predicted molar refractivity (Wildman–Crippen MR) is 108 cm³/mol. The molecule has 28 heavy (non-hydrogen) atoms. The Hall–Kier alpha value is -2.70. The number of hydrogen-bond donors (Lipinski definition) is 0. The molecule has 0 aliphatic carbocycles. The Labute approximate surface area is 164 Å². The van der Waals surface area contributed by atoms with Gasteiger partial charge in [-0.05, 0) is 53.4 Å². The minimum Gasteiger partial charge on any atom is -0.457 e. The fourth-order valence-corrected chi connectivity index (χ4v) is 5.00. The zero-order valence-corrected chi connectivity index (χ0v) is 16.2. The van der Waals surface area contributed by atoms with Gasteiger partial charge >= 0.3 is 5.97 Å². The molecule has 4 rings (SSSR count). The quantitative estimate of drug-likeness (QED) is 0.613. The molecule has 5 nitrogen and oxygen atoms in total. The predicted octanol–water partition coefficient (Wildman–Crippen LogP) is 3.98. The fraction of sp³-hybridized carbons (Fsp3) is 0.227. The van der Waals surface area contributed by atoms with Crippen molar-refractivity contribution in [3.63, 3.8) is 0 Å². The third-order valence-electron chi connectivity index (χ3n) is 5.03. The van der Waals surface area contributed by atoms with Crippen LogP contribution in [0.25, 0.3) is 10.8 Å². The van der Waals surface area contributed by atoms with Gasteiger partial charge < -0.3 is 4.74 Å². The molecule has 144 valence electrons. The van der Waals surface area contributed by atoms with Gasteiger partial charge in [-0.3, -0.25) is 0 Å². The van der Waals surface area contributed by atoms with Gasteiger partial charge in [-0.25, -0.2) is 13.2 Å². The first kappa shape index (κ1) is 18.7. The molecule has 0 radical (unpaired) electrons. The summed E-state index contributed by atoms with van der Waals surface area (Å²) >= 11 is 0. The molecule has 1 aliphatic heterocycles. The number of carbonyl (C=O) groups excluding carboxylic acids is 1. The molecule has 1 heterocycles. The smallest absolute Gasteiger partial charge is 0.338 e. The molecule has 1 aliphatic rings. The van der Waals surface area contributed by atoms with Crippen molar-refractivity contribution < 1.29 is 17.9 Å². The van der Waals surface area contributed by atoms with Crippen molar-refractivity contribution in [1.82, 2.24) is 4.31 Å². The highest BCUT2D eigenvalue weighted by Gasteiger charge is 2.27. The summed E-state index contributed by atoms with van der Waals surface area (Å²) < 4.78 is 32.1. The van der Waals surface area contributed by atoms with E-state index < -0.39 is 16.0 Å². The van der Waals surface area contributed by atoms with E-state index >= 15 is 0 Å². The lowest BCUT2D eigenvalue weighted by molar-refractivity contribution is 0.0474. The number of benzene rings is 3. The van der Waals surface area contributed by atoms with E-state index in [0.717, 1.165) is 29.2 Å². The summed E-state index contributed by atoms with van der Waals surface area (Å²) in [5.74, 6) is -0.474. The van der Waals surface area contributed by atoms with Crippen molar-refractivity contribution in [1.29, 1.82) is 0 Å². The summed E-state index contributed by atoms with van der Waals surface area (Å²) in [5, 5.41) is 2.14. The van der Waals surface area contributed by atoms with E-state index in [2.05, 4.69) is 0 Å². The number of rotatable bonds is 5. The summed E-state index contributed by atoms with van der Waals surface area (Å²) in [4.78, 5) is 12.6. The molecule has 0 unspecified atom stereocenters. The first-order valence-electron chi connectivity index (χ1n) is 9.30. The molecule has 1 saturated heterocycles. The molecule has 0 bridgehead atoms. The lowest BCUT2D eigenvalue weighted by Gasteiger charge is -2.15. The Morgan fingerprint density at radius 3 is 2.32 bits per heavy atom. The molecule has 0 N–H and O–H groups in total. The van der Waals surface area contributed by atoms with E-state index in [-0.39, 0.29) is 11.5 Å². The van der Waals surface area contributed by atoms with Gasteiger partial charge in [0.15, 0.2) is 0 Å². The van der Waals surface area contributed by atoms with E-state index in [1.165, 1.54) is 28.6 Å². The van der Waals surface area contributed by atoms with E-state index in [4.69, 9.17) is 4.74 Å². The molecule has 3 aromatic carbocycles. The Morgan fingerprint density at radius 1 is 0.893 bits per heavy atom. The first-order chi connectivity index (χ1) is 13.6. The average Bonchev–Trinajstić information content (AvgIpc) is 3.28. The van der Waals surface area contributed by atoms with Gasteiger partial charge in [0.2, 0.25) is 10.0 Å². The summed E-state index contributed by atoms with van der Waals surface area (Å²) in [7, 11) is -3.48. The van der Waals surface area contributed by atoms with Gasteiger partial charge in [0.05, 0.1) is 10.5 Å². The Kier molecular flexibility index (Phi) is 5.15. The Morgan fingerprint density at radius 2 is 1.57 bits per heavy atom. The zero-order chi connectivity index (χ0) is 19.6. The highest BCUT2D eigenvalue weighted by atomic mass is 32.2. The lowest BCUT2D eigenvalue weighted by atomic mass is 10.1. The third kappa shape index (κ3) is 3.66. The van der Waals surface area contributed by atoms with Crippen LogP contribution in [-0.4, -0.2) is 31.8 Å². The minimum atomic E-state index is -3.48. The number of carbonyl (C=O) groups is 1. The van der Waals surface area contributed by atoms with E-state index in [9.17, 15) is 13.2 Å². The second-order valence-corrected chi connectivity index (χ2v) is 8.79. The Bertz CT molecular complexity index is 1100. The minimum absolute atomic E-state index is 0.161. The van der Waals surface area contributed by atoms with Crippen molar-refractivity contribution in [2.45, 2.75) is 24.3 Å². The lowest BCUT2D eigenvalue weighted by Crippen LogP contribution is -2.27. The van der Waals surface area contributed by atoms with Crippen LogP contribution in [-0.2, 0) is 21.4 Å². The van der Waals surface area contributed by atoms with Crippen LogP contribution in [0.2, 0.25) is 0 Å². The maximum absolute atomic E-state index is 12.6. The number of sulfonamides is 1. The highest BCUT2D eigenvalue weighted by Crippen LogP contribution is 2.22. The van der Waals surface area contributed by atoms with E-state index in [0.29, 0.717) is 18.7 Å². The highest BCUT2D eigenvalue weighted by molar-refractivity contribution is 7.89. The fourth-order valence-electron chi connectivity index (χ4n) is 3.49. The van der Waals surface area contributed by atoms with Gasteiger partial charge in [-0.1, -0.05) is 42.5 Å². The molecule has 1 fully saturated rings. The van der Waals surface area contributed by atoms with Gasteiger partial charge in [0.1, 0.15) is 6.61 Å². The van der Waals surface area contributed by atoms with Crippen LogP contribution in [0.3, 0.4) is 0 Å². The second-order valence-electron chi connectivity index (χ2n) is 6.85. The molecule has 0 amide bonds. The van der Waals surface area contributed by atoms with Crippen molar-refractivity contribution >= 4 is 26.8 Å². The SMILES string of the molecule is O=C(OCc1cccc2ccccc12)c1ccc(S(=O)(=O)N2CCCC2)cc1. The molecule has 0 saturated carbocycles. The van der Waals surface area contributed by atoms with Crippen molar-refractivity contribution in [2.75, 3.05) is 13.1 Å². The van der Waals surface area contributed by atoms with Gasteiger partial charge in [-0.15, -0.1) is 0 Å². The average molecular weight is 395 g/mol. The summed E-state index contributed by atoms with van der Waals surface area (Å²) in [6, 6.07) is 19.8. The largest absolute Gasteiger partial charge is 0.457 e. The maximum atomic E-state index is 12.6.